The van der Waals surface area contributed by atoms with E-state index in [1.54, 1.807) is 0 Å². The van der Waals surface area contributed by atoms with Crippen LogP contribution in [0.15, 0.2) is 23.7 Å². The highest BCUT2D eigenvalue weighted by atomic mass is 15.0. The lowest BCUT2D eigenvalue weighted by Gasteiger charge is -2.23. The number of nitrogens with one attached hydrogen (secondary N) is 2. The van der Waals surface area contributed by atoms with Gasteiger partial charge in [-0.05, 0) is 19.0 Å². The molecule has 2 aliphatic rings. The highest BCUT2D eigenvalue weighted by Crippen LogP contribution is 2.17. The van der Waals surface area contributed by atoms with Crippen molar-refractivity contribution < 1.29 is 0 Å². The van der Waals surface area contributed by atoms with Gasteiger partial charge in [-0.2, -0.15) is 0 Å². The van der Waals surface area contributed by atoms with Gasteiger partial charge in [0.1, 0.15) is 0 Å². The molecule has 10 heavy (non-hydrogen) atoms. The van der Waals surface area contributed by atoms with Crippen LogP contribution in [0.25, 0.3) is 0 Å². The maximum atomic E-state index is 3.39. The van der Waals surface area contributed by atoms with Crippen LogP contribution in [0.3, 0.4) is 0 Å². The Morgan fingerprint density at radius 1 is 1.30 bits per heavy atom. The number of hydrogen-bond acceptors (Lipinski definition) is 2. The first-order valence-corrected chi connectivity index (χ1v) is 3.84. The van der Waals surface area contributed by atoms with Crippen LogP contribution in [0.4, 0.5) is 0 Å². The van der Waals surface area contributed by atoms with Crippen molar-refractivity contribution >= 4 is 0 Å². The van der Waals surface area contributed by atoms with E-state index in [2.05, 4.69) is 16.7 Å². The molecule has 0 unspecified atom stereocenters. The van der Waals surface area contributed by atoms with Gasteiger partial charge in [0, 0.05) is 24.4 Å². The third-order valence-electron chi connectivity index (χ3n) is 2.00. The maximum Gasteiger partial charge on any atom is 0.0343 e. The Morgan fingerprint density at radius 3 is 3.20 bits per heavy atom. The quantitative estimate of drug-likeness (QED) is 0.521. The Bertz CT molecular complexity index is 171. The smallest absolute Gasteiger partial charge is 0.0343 e. The van der Waals surface area contributed by atoms with Crippen molar-refractivity contribution in [2.24, 2.45) is 0 Å². The first kappa shape index (κ1) is 5.83. The monoisotopic (exact) mass is 136 g/mol. The van der Waals surface area contributed by atoms with Gasteiger partial charge >= 0.3 is 0 Å². The fourth-order valence-electron chi connectivity index (χ4n) is 1.45. The third-order valence-corrected chi connectivity index (χ3v) is 2.00. The van der Waals surface area contributed by atoms with E-state index in [9.17, 15) is 0 Å². The zero-order valence-corrected chi connectivity index (χ0v) is 5.98. The van der Waals surface area contributed by atoms with Gasteiger partial charge in [-0.3, -0.25) is 0 Å². The highest BCUT2D eigenvalue weighted by molar-refractivity contribution is 5.21. The number of allylic oxidation sites excluding steroid dienone is 2. The molecule has 2 nitrogen and oxygen atoms in total. The molecule has 0 saturated carbocycles. The molecule has 0 aromatic carbocycles. The zero-order chi connectivity index (χ0) is 6.81. The average molecular weight is 136 g/mol. The molecule has 0 aliphatic carbocycles. The van der Waals surface area contributed by atoms with Crippen molar-refractivity contribution in [2.45, 2.75) is 19.3 Å². The second-order valence-electron chi connectivity index (χ2n) is 2.74. The minimum atomic E-state index is 1.09. The first-order chi connectivity index (χ1) is 4.97. The predicted octanol–water partition coefficient (Wildman–Crippen LogP) is 1.09. The molecule has 0 aromatic heterocycles. The summed E-state index contributed by atoms with van der Waals surface area (Å²) in [5, 5.41) is 6.64. The highest BCUT2D eigenvalue weighted by Gasteiger charge is 2.11. The summed E-state index contributed by atoms with van der Waals surface area (Å²) in [5.74, 6) is 0. The van der Waals surface area contributed by atoms with Crippen LogP contribution in [0.5, 0.6) is 0 Å². The fraction of sp³-hybridized carbons (Fsp3) is 0.500. The van der Waals surface area contributed by atoms with E-state index in [4.69, 9.17) is 0 Å². The lowest BCUT2D eigenvalue weighted by molar-refractivity contribution is 0.616. The molecular weight excluding hydrogens is 124 g/mol. The van der Waals surface area contributed by atoms with Gasteiger partial charge in [0.2, 0.25) is 0 Å². The normalized spacial score (nSPS) is 23.2. The van der Waals surface area contributed by atoms with Gasteiger partial charge < -0.3 is 10.6 Å². The molecule has 0 fully saturated rings. The van der Waals surface area contributed by atoms with Crippen molar-refractivity contribution in [3.8, 4) is 0 Å². The molecule has 0 radical (unpaired) electrons. The Balaban J connectivity index is 2.17. The van der Waals surface area contributed by atoms with Crippen LogP contribution < -0.4 is 10.6 Å². The maximum absolute atomic E-state index is 3.39. The van der Waals surface area contributed by atoms with Crippen LogP contribution in [-0.2, 0) is 0 Å². The number of rotatable bonds is 0. The predicted molar refractivity (Wildman–Crippen MR) is 41.2 cm³/mol. The minimum absolute atomic E-state index is 1.09. The van der Waals surface area contributed by atoms with Gasteiger partial charge in [0.25, 0.3) is 0 Å². The Labute approximate surface area is 61.0 Å². The topological polar surface area (TPSA) is 24.1 Å². The zero-order valence-electron chi connectivity index (χ0n) is 5.98. The Hall–Kier alpha value is -0.920. The summed E-state index contributed by atoms with van der Waals surface area (Å²) in [6, 6.07) is 0. The Morgan fingerprint density at radius 2 is 2.30 bits per heavy atom. The van der Waals surface area contributed by atoms with Crippen molar-refractivity contribution in [2.75, 3.05) is 6.54 Å². The summed E-state index contributed by atoms with van der Waals surface area (Å²) < 4.78 is 0. The van der Waals surface area contributed by atoms with Crippen LogP contribution in [-0.4, -0.2) is 6.54 Å². The largest absolute Gasteiger partial charge is 0.387 e. The molecule has 0 spiro atoms. The molecule has 0 aromatic rings. The molecule has 2 heteroatoms. The van der Waals surface area contributed by atoms with E-state index < -0.39 is 0 Å². The van der Waals surface area contributed by atoms with E-state index in [-0.39, 0.29) is 0 Å². The standard InChI is InChI=1S/C8H12N2/c1-3-7-8(9-5-1)4-2-6-10-7/h1,5,9-10H,2-4,6H2. The van der Waals surface area contributed by atoms with E-state index in [1.165, 1.54) is 24.2 Å². The molecule has 54 valence electrons. The molecule has 2 rings (SSSR count). The van der Waals surface area contributed by atoms with Gasteiger partial charge in [0.05, 0.1) is 0 Å². The fourth-order valence-corrected chi connectivity index (χ4v) is 1.45. The second kappa shape index (κ2) is 2.37. The summed E-state index contributed by atoms with van der Waals surface area (Å²) in [6.07, 6.45) is 7.75. The SMILES string of the molecule is C1=CNC2=C(C1)NCCC2. The van der Waals surface area contributed by atoms with Gasteiger partial charge in [-0.15, -0.1) is 0 Å². The van der Waals surface area contributed by atoms with Crippen molar-refractivity contribution in [1.82, 2.24) is 10.6 Å². The summed E-state index contributed by atoms with van der Waals surface area (Å²) in [7, 11) is 0. The van der Waals surface area contributed by atoms with Gasteiger partial charge in [-0.1, -0.05) is 6.08 Å². The van der Waals surface area contributed by atoms with Gasteiger partial charge in [0.15, 0.2) is 0 Å². The number of dihydropyridines is 1. The van der Waals surface area contributed by atoms with E-state index in [0.717, 1.165) is 13.0 Å². The molecule has 2 aliphatic heterocycles. The summed E-state index contributed by atoms with van der Waals surface area (Å²) >= 11 is 0. The first-order valence-electron chi connectivity index (χ1n) is 3.84. The molecule has 2 N–H and O–H groups in total. The van der Waals surface area contributed by atoms with Crippen molar-refractivity contribution in [1.29, 1.82) is 0 Å². The number of hydrogen-bond donors (Lipinski definition) is 2. The molecule has 0 atom stereocenters. The lowest BCUT2D eigenvalue weighted by atomic mass is 10.1. The van der Waals surface area contributed by atoms with Crippen molar-refractivity contribution in [3.63, 3.8) is 0 Å². The van der Waals surface area contributed by atoms with Crippen LogP contribution in [0, 0.1) is 0 Å². The second-order valence-corrected chi connectivity index (χ2v) is 2.74. The van der Waals surface area contributed by atoms with Gasteiger partial charge in [-0.25, -0.2) is 0 Å². The van der Waals surface area contributed by atoms with E-state index in [1.807, 2.05) is 6.20 Å². The lowest BCUT2D eigenvalue weighted by Crippen LogP contribution is -2.27. The molecule has 2 heterocycles. The van der Waals surface area contributed by atoms with E-state index >= 15 is 0 Å². The Kier molecular flexibility index (Phi) is 1.38. The molecule has 0 saturated heterocycles. The van der Waals surface area contributed by atoms with E-state index in [0.29, 0.717) is 0 Å². The third kappa shape index (κ3) is 0.897. The molecular formula is C8H12N2. The average Bonchev–Trinajstić information content (AvgIpc) is 2.05. The minimum Gasteiger partial charge on any atom is -0.387 e. The van der Waals surface area contributed by atoms with Crippen LogP contribution >= 0.6 is 0 Å². The summed E-state index contributed by atoms with van der Waals surface area (Å²) in [5.41, 5.74) is 2.79. The van der Waals surface area contributed by atoms with Crippen LogP contribution in [0.2, 0.25) is 0 Å². The summed E-state index contributed by atoms with van der Waals surface area (Å²) in [4.78, 5) is 0. The molecule has 0 amide bonds. The molecule has 0 bridgehead atoms. The van der Waals surface area contributed by atoms with Crippen molar-refractivity contribution in [3.05, 3.63) is 23.7 Å². The summed E-state index contributed by atoms with van der Waals surface area (Å²) in [6.45, 7) is 1.15. The van der Waals surface area contributed by atoms with Crippen LogP contribution in [0.1, 0.15) is 19.3 Å².